The van der Waals surface area contributed by atoms with E-state index in [1.54, 1.807) is 0 Å². The van der Waals surface area contributed by atoms with E-state index in [9.17, 15) is 19.5 Å². The minimum absolute atomic E-state index is 0.0139. The second-order valence-electron chi connectivity index (χ2n) is 5.19. The monoisotopic (exact) mass is 355 g/mol. The summed E-state index contributed by atoms with van der Waals surface area (Å²) in [7, 11) is 0. The summed E-state index contributed by atoms with van der Waals surface area (Å²) in [5.74, 6) is -1.39. The Kier molecular flexibility index (Phi) is 4.85. The van der Waals surface area contributed by atoms with Crippen LogP contribution < -0.4 is 5.32 Å². The van der Waals surface area contributed by atoms with Gasteiger partial charge in [-0.25, -0.2) is 4.79 Å². The Morgan fingerprint density at radius 1 is 1.16 bits per heavy atom. The van der Waals surface area contributed by atoms with E-state index in [0.717, 1.165) is 17.3 Å². The fraction of sp³-hybridized carbons (Fsp3) is 0.0556. The molecule has 0 spiro atoms. The summed E-state index contributed by atoms with van der Waals surface area (Å²) < 4.78 is 5.20. The highest BCUT2D eigenvalue weighted by Gasteiger charge is 2.25. The average molecular weight is 355 g/mol. The topological polar surface area (TPSA) is 92.7 Å². The number of rotatable bonds is 4. The van der Waals surface area contributed by atoms with E-state index < -0.39 is 17.1 Å². The Labute approximate surface area is 147 Å². The Morgan fingerprint density at radius 3 is 2.60 bits per heavy atom. The second kappa shape index (κ2) is 7.23. The van der Waals surface area contributed by atoms with Crippen LogP contribution in [0.2, 0.25) is 0 Å². The summed E-state index contributed by atoms with van der Waals surface area (Å²) in [5, 5.41) is 11.6. The maximum Gasteiger partial charge on any atom is 0.342 e. The van der Waals surface area contributed by atoms with E-state index >= 15 is 0 Å². The van der Waals surface area contributed by atoms with Gasteiger partial charge in [-0.15, -0.1) is 0 Å². The number of carbonyl (C=O) groups is 3. The van der Waals surface area contributed by atoms with E-state index in [2.05, 4.69) is 5.32 Å². The molecular weight excluding hydrogens is 342 g/mol. The molecule has 1 fully saturated rings. The molecule has 0 radical (unpaired) electrons. The predicted octanol–water partition coefficient (Wildman–Crippen LogP) is 3.07. The standard InChI is InChI=1S/C18H13NO5S/c20-14-7-6-12(9-15-16(21)19-18(23)25-15)8-13(14)17(22)24-10-11-4-2-1-3-5-11/h1-9,20H,10H2,(H,19,21,23). The van der Waals surface area contributed by atoms with Gasteiger partial charge in [0.2, 0.25) is 0 Å². The van der Waals surface area contributed by atoms with Crippen LogP contribution in [0.3, 0.4) is 0 Å². The highest BCUT2D eigenvalue weighted by atomic mass is 32.2. The number of benzene rings is 2. The van der Waals surface area contributed by atoms with E-state index in [4.69, 9.17) is 4.74 Å². The summed E-state index contributed by atoms with van der Waals surface area (Å²) in [5.41, 5.74) is 1.31. The van der Waals surface area contributed by atoms with Crippen LogP contribution in [-0.2, 0) is 16.1 Å². The molecule has 0 bridgehead atoms. The number of nitrogens with one attached hydrogen (secondary N) is 1. The van der Waals surface area contributed by atoms with E-state index in [0.29, 0.717) is 5.56 Å². The molecule has 0 aliphatic carbocycles. The molecule has 7 heteroatoms. The number of thioether (sulfide) groups is 1. The summed E-state index contributed by atoms with van der Waals surface area (Å²) in [6, 6.07) is 13.4. The minimum atomic E-state index is -0.679. The maximum absolute atomic E-state index is 12.2. The van der Waals surface area contributed by atoms with Crippen LogP contribution in [0.5, 0.6) is 5.75 Å². The summed E-state index contributed by atoms with van der Waals surface area (Å²) >= 11 is 0.777. The molecule has 126 valence electrons. The molecule has 1 heterocycles. The zero-order valence-electron chi connectivity index (χ0n) is 12.9. The largest absolute Gasteiger partial charge is 0.507 e. The molecule has 2 aromatic rings. The number of imide groups is 1. The number of ether oxygens (including phenoxy) is 1. The normalized spacial score (nSPS) is 15.3. The van der Waals surface area contributed by atoms with E-state index in [1.165, 1.54) is 24.3 Å². The van der Waals surface area contributed by atoms with E-state index in [1.807, 2.05) is 30.3 Å². The number of aromatic hydroxyl groups is 1. The Morgan fingerprint density at radius 2 is 1.92 bits per heavy atom. The zero-order valence-corrected chi connectivity index (χ0v) is 13.7. The molecule has 6 nitrogen and oxygen atoms in total. The number of esters is 1. The van der Waals surface area contributed by atoms with Crippen molar-refractivity contribution < 1.29 is 24.2 Å². The van der Waals surface area contributed by atoms with Gasteiger partial charge < -0.3 is 9.84 Å². The van der Waals surface area contributed by atoms with Gasteiger partial charge >= 0.3 is 5.97 Å². The first-order valence-corrected chi connectivity index (χ1v) is 8.13. The van der Waals surface area contributed by atoms with Gasteiger partial charge in [0.1, 0.15) is 17.9 Å². The van der Waals surface area contributed by atoms with Crippen molar-refractivity contribution in [2.45, 2.75) is 6.61 Å². The van der Waals surface area contributed by atoms with Crippen LogP contribution in [0.15, 0.2) is 53.4 Å². The van der Waals surface area contributed by atoms with Crippen molar-refractivity contribution in [2.24, 2.45) is 0 Å². The second-order valence-corrected chi connectivity index (χ2v) is 6.21. The minimum Gasteiger partial charge on any atom is -0.507 e. The third-order valence-electron chi connectivity index (χ3n) is 3.39. The maximum atomic E-state index is 12.2. The first-order chi connectivity index (χ1) is 12.0. The lowest BCUT2D eigenvalue weighted by Gasteiger charge is -2.07. The van der Waals surface area contributed by atoms with Gasteiger partial charge in [-0.2, -0.15) is 0 Å². The van der Waals surface area contributed by atoms with Crippen LogP contribution in [0.25, 0.3) is 6.08 Å². The molecular formula is C18H13NO5S. The SMILES string of the molecule is O=C1NC(=O)C(=Cc2ccc(O)c(C(=O)OCc3ccccc3)c2)S1. The summed E-state index contributed by atoms with van der Waals surface area (Å²) in [6.45, 7) is 0.0805. The fourth-order valence-corrected chi connectivity index (χ4v) is 2.86. The van der Waals surface area contributed by atoms with Crippen LogP contribution in [0.4, 0.5) is 4.79 Å². The van der Waals surface area contributed by atoms with Crippen molar-refractivity contribution in [1.29, 1.82) is 0 Å². The number of hydrogen-bond acceptors (Lipinski definition) is 6. The van der Waals surface area contributed by atoms with Gasteiger partial charge in [-0.1, -0.05) is 36.4 Å². The number of carbonyl (C=O) groups excluding carboxylic acids is 3. The van der Waals surface area contributed by atoms with Gasteiger partial charge in [0.05, 0.1) is 4.91 Å². The molecule has 3 rings (SSSR count). The van der Waals surface area contributed by atoms with Crippen molar-refractivity contribution in [3.63, 3.8) is 0 Å². The molecule has 1 aliphatic rings. The molecule has 0 aromatic heterocycles. The Bertz CT molecular complexity index is 876. The quantitative estimate of drug-likeness (QED) is 0.647. The smallest absolute Gasteiger partial charge is 0.342 e. The lowest BCUT2D eigenvalue weighted by molar-refractivity contribution is -0.115. The number of phenols is 1. The van der Waals surface area contributed by atoms with E-state index in [-0.39, 0.29) is 22.8 Å². The molecule has 25 heavy (non-hydrogen) atoms. The van der Waals surface area contributed by atoms with Gasteiger partial charge in [-0.05, 0) is 41.1 Å². The zero-order chi connectivity index (χ0) is 17.8. The van der Waals surface area contributed by atoms with Crippen LogP contribution in [0.1, 0.15) is 21.5 Å². The van der Waals surface area contributed by atoms with Crippen LogP contribution >= 0.6 is 11.8 Å². The highest BCUT2D eigenvalue weighted by molar-refractivity contribution is 8.18. The Hall–Kier alpha value is -3.06. The van der Waals surface area contributed by atoms with Crippen molar-refractivity contribution >= 4 is 35.0 Å². The van der Waals surface area contributed by atoms with Crippen LogP contribution in [-0.4, -0.2) is 22.2 Å². The molecule has 0 unspecified atom stereocenters. The van der Waals surface area contributed by atoms with Crippen molar-refractivity contribution in [2.75, 3.05) is 0 Å². The molecule has 1 saturated heterocycles. The average Bonchev–Trinajstić information content (AvgIpc) is 2.92. The third kappa shape index (κ3) is 4.07. The van der Waals surface area contributed by atoms with Crippen molar-refractivity contribution in [1.82, 2.24) is 5.32 Å². The van der Waals surface area contributed by atoms with Gasteiger partial charge in [0, 0.05) is 0 Å². The van der Waals surface area contributed by atoms with Gasteiger partial charge in [-0.3, -0.25) is 14.9 Å². The van der Waals surface area contributed by atoms with Crippen molar-refractivity contribution in [3.8, 4) is 5.75 Å². The molecule has 2 aromatic carbocycles. The summed E-state index contributed by atoms with van der Waals surface area (Å²) in [6.07, 6.45) is 1.47. The van der Waals surface area contributed by atoms with Gasteiger partial charge in [0.15, 0.2) is 0 Å². The number of amides is 2. The van der Waals surface area contributed by atoms with Crippen LogP contribution in [0, 0.1) is 0 Å². The Balaban J connectivity index is 1.77. The lowest BCUT2D eigenvalue weighted by atomic mass is 10.1. The first-order valence-electron chi connectivity index (χ1n) is 7.32. The number of hydrogen-bond donors (Lipinski definition) is 2. The highest BCUT2D eigenvalue weighted by Crippen LogP contribution is 2.27. The number of phenolic OH excluding ortho intramolecular Hbond substituents is 1. The molecule has 2 N–H and O–H groups in total. The molecule has 1 aliphatic heterocycles. The predicted molar refractivity (Wildman–Crippen MR) is 92.8 cm³/mol. The third-order valence-corrected chi connectivity index (χ3v) is 4.20. The molecule has 0 saturated carbocycles. The lowest BCUT2D eigenvalue weighted by Crippen LogP contribution is -2.17. The summed E-state index contributed by atoms with van der Waals surface area (Å²) in [4.78, 5) is 35.2. The molecule has 0 atom stereocenters. The molecule has 2 amide bonds. The van der Waals surface area contributed by atoms with Gasteiger partial charge in [0.25, 0.3) is 11.1 Å². The first kappa shape index (κ1) is 16.8. The van der Waals surface area contributed by atoms with Crippen molar-refractivity contribution in [3.05, 3.63) is 70.1 Å². The fourth-order valence-electron chi connectivity index (χ4n) is 2.18.